The topological polar surface area (TPSA) is 26.3 Å². The second-order valence-corrected chi connectivity index (χ2v) is 3.62. The summed E-state index contributed by atoms with van der Waals surface area (Å²) in [5, 5.41) is 0. The lowest BCUT2D eigenvalue weighted by atomic mass is 9.92. The summed E-state index contributed by atoms with van der Waals surface area (Å²) in [6, 6.07) is 8.10. The Morgan fingerprint density at radius 2 is 2.00 bits per heavy atom. The third kappa shape index (κ3) is 3.39. The quantitative estimate of drug-likeness (QED) is 0.668. The van der Waals surface area contributed by atoms with Gasteiger partial charge in [0, 0.05) is 6.42 Å². The highest BCUT2D eigenvalue weighted by Crippen LogP contribution is 2.25. The molecule has 82 valence electrons. The number of rotatable bonds is 6. The van der Waals surface area contributed by atoms with Crippen LogP contribution in [-0.4, -0.2) is 13.4 Å². The molecular formula is C13H18O2. The van der Waals surface area contributed by atoms with Crippen LogP contribution < -0.4 is 4.74 Å². The molecule has 0 aliphatic carbocycles. The fourth-order valence-electron chi connectivity index (χ4n) is 1.75. The average Bonchev–Trinajstić information content (AvgIpc) is 2.31. The molecule has 0 heterocycles. The van der Waals surface area contributed by atoms with E-state index < -0.39 is 0 Å². The Balaban J connectivity index is 2.69. The summed E-state index contributed by atoms with van der Waals surface area (Å²) in [5.41, 5.74) is 1.29. The molecule has 0 radical (unpaired) electrons. The first kappa shape index (κ1) is 11.8. The van der Waals surface area contributed by atoms with Gasteiger partial charge in [-0.2, -0.15) is 0 Å². The van der Waals surface area contributed by atoms with Crippen LogP contribution >= 0.6 is 0 Å². The number of ether oxygens (including phenoxy) is 1. The van der Waals surface area contributed by atoms with Crippen molar-refractivity contribution in [2.24, 2.45) is 0 Å². The van der Waals surface area contributed by atoms with Gasteiger partial charge >= 0.3 is 0 Å². The molecule has 2 nitrogen and oxygen atoms in total. The van der Waals surface area contributed by atoms with Gasteiger partial charge in [0.15, 0.2) is 0 Å². The number of carbonyl (C=O) groups is 1. The van der Waals surface area contributed by atoms with Gasteiger partial charge < -0.3 is 9.53 Å². The highest BCUT2D eigenvalue weighted by Gasteiger charge is 2.08. The van der Waals surface area contributed by atoms with E-state index in [4.69, 9.17) is 4.74 Å². The number of benzene rings is 1. The summed E-state index contributed by atoms with van der Waals surface area (Å²) in [6.07, 6.45) is 3.64. The molecule has 0 amide bonds. The Bertz CT molecular complexity index is 290. The maximum atomic E-state index is 10.3. The molecule has 0 unspecified atom stereocenters. The molecule has 1 rings (SSSR count). The Labute approximate surface area is 91.3 Å². The normalized spacial score (nSPS) is 12.1. The van der Waals surface area contributed by atoms with Crippen LogP contribution in [0.5, 0.6) is 5.75 Å². The predicted molar refractivity (Wildman–Crippen MR) is 61.3 cm³/mol. The highest BCUT2D eigenvalue weighted by atomic mass is 16.5. The van der Waals surface area contributed by atoms with E-state index >= 15 is 0 Å². The molecule has 0 bridgehead atoms. The van der Waals surface area contributed by atoms with Gasteiger partial charge in [-0.05, 0) is 36.5 Å². The molecule has 0 aromatic heterocycles. The Morgan fingerprint density at radius 3 is 2.47 bits per heavy atom. The molecule has 0 aliphatic heterocycles. The zero-order valence-corrected chi connectivity index (χ0v) is 9.40. The minimum absolute atomic E-state index is 0.487. The Morgan fingerprint density at radius 1 is 1.33 bits per heavy atom. The number of hydrogen-bond acceptors (Lipinski definition) is 2. The van der Waals surface area contributed by atoms with E-state index in [2.05, 4.69) is 19.1 Å². The fourth-order valence-corrected chi connectivity index (χ4v) is 1.75. The predicted octanol–water partition coefficient (Wildman–Crippen LogP) is 3.17. The van der Waals surface area contributed by atoms with Gasteiger partial charge in [-0.1, -0.05) is 19.1 Å². The monoisotopic (exact) mass is 206 g/mol. The second-order valence-electron chi connectivity index (χ2n) is 3.62. The first-order valence-electron chi connectivity index (χ1n) is 5.39. The van der Waals surface area contributed by atoms with E-state index in [1.54, 1.807) is 7.11 Å². The molecule has 0 N–H and O–H groups in total. The summed E-state index contributed by atoms with van der Waals surface area (Å²) in [5.74, 6) is 1.37. The van der Waals surface area contributed by atoms with Crippen molar-refractivity contribution in [1.82, 2.24) is 0 Å². The summed E-state index contributed by atoms with van der Waals surface area (Å²) < 4.78 is 5.11. The van der Waals surface area contributed by atoms with Gasteiger partial charge in [0.05, 0.1) is 7.11 Å². The van der Waals surface area contributed by atoms with Crippen LogP contribution in [0.3, 0.4) is 0 Å². The maximum absolute atomic E-state index is 10.3. The van der Waals surface area contributed by atoms with Gasteiger partial charge in [0.25, 0.3) is 0 Å². The van der Waals surface area contributed by atoms with Crippen LogP contribution in [0.4, 0.5) is 0 Å². The summed E-state index contributed by atoms with van der Waals surface area (Å²) in [7, 11) is 1.67. The lowest BCUT2D eigenvalue weighted by Crippen LogP contribution is -1.97. The number of carbonyl (C=O) groups excluding carboxylic acids is 1. The molecule has 0 spiro atoms. The summed E-state index contributed by atoms with van der Waals surface area (Å²) in [6.45, 7) is 2.15. The molecule has 1 atom stereocenters. The van der Waals surface area contributed by atoms with E-state index in [-0.39, 0.29) is 0 Å². The molecular weight excluding hydrogens is 188 g/mol. The smallest absolute Gasteiger partial charge is 0.120 e. The molecule has 15 heavy (non-hydrogen) atoms. The highest BCUT2D eigenvalue weighted by molar-refractivity contribution is 5.49. The van der Waals surface area contributed by atoms with Crippen LogP contribution in [0.2, 0.25) is 0 Å². The van der Waals surface area contributed by atoms with Gasteiger partial charge in [-0.25, -0.2) is 0 Å². The molecule has 0 fully saturated rings. The largest absolute Gasteiger partial charge is 0.497 e. The van der Waals surface area contributed by atoms with Crippen molar-refractivity contribution < 1.29 is 9.53 Å². The zero-order chi connectivity index (χ0) is 11.1. The van der Waals surface area contributed by atoms with Crippen molar-refractivity contribution in [3.05, 3.63) is 29.8 Å². The van der Waals surface area contributed by atoms with Crippen LogP contribution in [0.1, 0.15) is 37.7 Å². The van der Waals surface area contributed by atoms with Crippen molar-refractivity contribution >= 4 is 6.29 Å². The minimum atomic E-state index is 0.487. The van der Waals surface area contributed by atoms with Crippen LogP contribution in [-0.2, 0) is 4.79 Å². The van der Waals surface area contributed by atoms with E-state index in [0.717, 1.165) is 24.9 Å². The van der Waals surface area contributed by atoms with E-state index in [0.29, 0.717) is 12.3 Å². The lowest BCUT2D eigenvalue weighted by Gasteiger charge is -2.14. The molecule has 1 aromatic carbocycles. The van der Waals surface area contributed by atoms with Gasteiger partial charge in [0.1, 0.15) is 12.0 Å². The second kappa shape index (κ2) is 6.23. The van der Waals surface area contributed by atoms with Crippen molar-refractivity contribution in [3.63, 3.8) is 0 Å². The molecule has 1 aromatic rings. The van der Waals surface area contributed by atoms with Gasteiger partial charge in [0.2, 0.25) is 0 Å². The Kier molecular flexibility index (Phi) is 4.88. The number of hydrogen-bond donors (Lipinski definition) is 0. The van der Waals surface area contributed by atoms with Crippen molar-refractivity contribution in [1.29, 1.82) is 0 Å². The first-order chi connectivity index (χ1) is 7.31. The average molecular weight is 206 g/mol. The van der Waals surface area contributed by atoms with Crippen molar-refractivity contribution in [3.8, 4) is 5.75 Å². The van der Waals surface area contributed by atoms with E-state index in [9.17, 15) is 4.79 Å². The zero-order valence-electron chi connectivity index (χ0n) is 9.40. The van der Waals surface area contributed by atoms with E-state index in [1.165, 1.54) is 5.56 Å². The Hall–Kier alpha value is -1.31. The third-order valence-electron chi connectivity index (χ3n) is 2.71. The number of methoxy groups -OCH3 is 1. The van der Waals surface area contributed by atoms with E-state index in [1.807, 2.05) is 12.1 Å². The van der Waals surface area contributed by atoms with Crippen molar-refractivity contribution in [2.45, 2.75) is 32.1 Å². The molecule has 2 heteroatoms. The molecule has 0 aliphatic rings. The SMILES string of the molecule is CC[C@H](CCC=O)c1ccc(OC)cc1. The van der Waals surface area contributed by atoms with Gasteiger partial charge in [-0.15, -0.1) is 0 Å². The summed E-state index contributed by atoms with van der Waals surface area (Å²) in [4.78, 5) is 10.3. The van der Waals surface area contributed by atoms with Crippen LogP contribution in [0, 0.1) is 0 Å². The lowest BCUT2D eigenvalue weighted by molar-refractivity contribution is -0.108. The first-order valence-corrected chi connectivity index (χ1v) is 5.39. The fraction of sp³-hybridized carbons (Fsp3) is 0.462. The minimum Gasteiger partial charge on any atom is -0.497 e. The van der Waals surface area contributed by atoms with Gasteiger partial charge in [-0.3, -0.25) is 0 Å². The summed E-state index contributed by atoms with van der Waals surface area (Å²) >= 11 is 0. The number of aldehydes is 1. The molecule has 0 saturated heterocycles. The van der Waals surface area contributed by atoms with Crippen LogP contribution in [0.15, 0.2) is 24.3 Å². The van der Waals surface area contributed by atoms with Crippen LogP contribution in [0.25, 0.3) is 0 Å². The maximum Gasteiger partial charge on any atom is 0.120 e. The molecule has 0 saturated carbocycles. The third-order valence-corrected chi connectivity index (χ3v) is 2.71. The standard InChI is InChI=1S/C13H18O2/c1-3-11(5-4-10-14)12-6-8-13(15-2)9-7-12/h6-11H,3-5H2,1-2H3/t11-/m1/s1. The van der Waals surface area contributed by atoms with Crippen molar-refractivity contribution in [2.75, 3.05) is 7.11 Å².